The Kier molecular flexibility index (Phi) is 8.02. The van der Waals surface area contributed by atoms with Gasteiger partial charge in [-0.25, -0.2) is 74.6 Å². The van der Waals surface area contributed by atoms with Crippen molar-refractivity contribution < 1.29 is 74.6 Å². The average Bonchev–Trinajstić information content (AvgIpc) is 2.96. The zero-order valence-electron chi connectivity index (χ0n) is 19.2. The van der Waals surface area contributed by atoms with Gasteiger partial charge in [0.15, 0.2) is 87.3 Å². The Labute approximate surface area is 224 Å². The van der Waals surface area contributed by atoms with Crippen LogP contribution < -0.4 is 13.3 Å². The molecule has 42 heavy (non-hydrogen) atoms. The maximum Gasteiger partial charge on any atom is 0.404 e. The first kappa shape index (κ1) is 31.2. The second-order valence-corrected chi connectivity index (χ2v) is 10.8. The molecule has 0 unspecified atom stereocenters. The van der Waals surface area contributed by atoms with Crippen molar-refractivity contribution >= 4 is 27.4 Å². The first-order valence-corrected chi connectivity index (χ1v) is 12.2. The van der Waals surface area contributed by atoms with E-state index in [0.717, 1.165) is 0 Å². The molecule has 0 amide bonds. The number of rotatable bonds is 4. The van der Waals surface area contributed by atoms with Crippen LogP contribution in [0.15, 0.2) is 12.1 Å². The van der Waals surface area contributed by atoms with Gasteiger partial charge < -0.3 is 0 Å². The van der Waals surface area contributed by atoms with Crippen molar-refractivity contribution in [3.05, 3.63) is 111 Å². The van der Waals surface area contributed by atoms with Gasteiger partial charge in [0, 0.05) is 5.56 Å². The molecule has 0 bridgehead atoms. The van der Waals surface area contributed by atoms with Crippen LogP contribution in [0.3, 0.4) is 0 Å². The molecule has 0 aromatic heterocycles. The van der Waals surface area contributed by atoms with Gasteiger partial charge in [-0.15, -0.1) is 0 Å². The van der Waals surface area contributed by atoms with E-state index in [1.807, 2.05) is 0 Å². The second kappa shape index (κ2) is 10.8. The van der Waals surface area contributed by atoms with E-state index in [1.54, 1.807) is 0 Å². The average molecular weight is 640 g/mol. The first-order chi connectivity index (χ1) is 19.5. The molecule has 0 atom stereocenters. The van der Waals surface area contributed by atoms with E-state index in [1.165, 1.54) is 0 Å². The van der Waals surface area contributed by atoms with E-state index in [-0.39, 0.29) is 12.1 Å². The van der Waals surface area contributed by atoms with Crippen molar-refractivity contribution in [2.24, 2.45) is 0 Å². The number of halogens is 17. The topological polar surface area (TPSA) is 0 Å². The van der Waals surface area contributed by atoms with Gasteiger partial charge >= 0.3 is 14.1 Å². The van der Waals surface area contributed by atoms with Gasteiger partial charge in [0.2, 0.25) is 5.82 Å². The fraction of sp³-hybridized carbons (Fsp3) is 0. The van der Waals surface area contributed by atoms with Crippen molar-refractivity contribution in [2.45, 2.75) is 0 Å². The van der Waals surface area contributed by atoms with Crippen LogP contribution in [0.1, 0.15) is 0 Å². The van der Waals surface area contributed by atoms with Crippen LogP contribution in [0.4, 0.5) is 74.6 Å². The quantitative estimate of drug-likeness (QED) is 0.107. The summed E-state index contributed by atoms with van der Waals surface area (Å²) < 4.78 is 238. The molecule has 220 valence electrons. The van der Waals surface area contributed by atoms with Crippen molar-refractivity contribution in [3.8, 4) is 11.1 Å². The van der Waals surface area contributed by atoms with Crippen LogP contribution >= 0.6 is 0 Å². The highest BCUT2D eigenvalue weighted by Crippen LogP contribution is 2.35. The third-order valence-electron chi connectivity index (χ3n) is 5.96. The third kappa shape index (κ3) is 4.39. The van der Waals surface area contributed by atoms with Crippen LogP contribution in [0.25, 0.3) is 11.1 Å². The van der Waals surface area contributed by atoms with Gasteiger partial charge in [-0.05, 0) is 10.5 Å². The van der Waals surface area contributed by atoms with Crippen LogP contribution in [-0.4, -0.2) is 14.1 Å². The summed E-state index contributed by atoms with van der Waals surface area (Å²) >= 11 is -5.83. The van der Waals surface area contributed by atoms with Crippen LogP contribution in [0, 0.1) is 98.9 Å². The Bertz CT molecular complexity index is 1760. The van der Waals surface area contributed by atoms with Crippen molar-refractivity contribution in [3.63, 3.8) is 0 Å². The molecule has 0 aliphatic heterocycles. The molecule has 0 saturated heterocycles. The Balaban J connectivity index is 2.38. The molecule has 0 nitrogen and oxygen atoms in total. The summed E-state index contributed by atoms with van der Waals surface area (Å²) in [5.74, 6) is -49.4. The molecule has 0 N–H and O–H groups in total. The normalized spacial score (nSPS) is 11.5. The van der Waals surface area contributed by atoms with Crippen LogP contribution in [-0.2, 0) is 0 Å². The molecule has 4 rings (SSSR count). The van der Waals surface area contributed by atoms with E-state index < -0.39 is 137 Å². The minimum absolute atomic E-state index is 0.0659. The molecule has 0 aliphatic carbocycles. The minimum atomic E-state index is -5.83. The minimum Gasteiger partial charge on any atom is -0.205 e. The number of benzene rings is 4. The maximum atomic E-state index is 15.4. The van der Waals surface area contributed by atoms with E-state index in [9.17, 15) is 65.9 Å². The summed E-state index contributed by atoms with van der Waals surface area (Å²) in [7, 11) is 0. The van der Waals surface area contributed by atoms with Gasteiger partial charge in [0.25, 0.3) is 0 Å². The molecule has 4 aromatic carbocycles. The standard InChI is InChI=1S/C12F9.C6F5.C6H2F3.Al/c13-3-1-2(5(14)9(18)6(3)15)4-7(16)10(19)12(21)11(20)8(4)17;7-2-1-3(8)5(10)6(11)4(2)9;7-4-2-1-3-5(8)6(4)9;/h;;1-2H;. The van der Waals surface area contributed by atoms with Gasteiger partial charge in [-0.3, -0.25) is 0 Å². The van der Waals surface area contributed by atoms with Crippen LogP contribution in [0.2, 0.25) is 0 Å². The summed E-state index contributed by atoms with van der Waals surface area (Å²) in [4.78, 5) is 0. The first-order valence-electron chi connectivity index (χ1n) is 10.5. The second-order valence-electron chi connectivity index (χ2n) is 8.17. The highest BCUT2D eigenvalue weighted by atomic mass is 27.2. The fourth-order valence-electron chi connectivity index (χ4n) is 4.08. The molecule has 0 fully saturated rings. The van der Waals surface area contributed by atoms with Gasteiger partial charge in [-0.2, -0.15) is 0 Å². The van der Waals surface area contributed by atoms with Crippen LogP contribution in [0.5, 0.6) is 0 Å². The van der Waals surface area contributed by atoms with Gasteiger partial charge in [0.1, 0.15) is 5.82 Å². The van der Waals surface area contributed by atoms with Crippen molar-refractivity contribution in [1.29, 1.82) is 0 Å². The molecule has 0 saturated carbocycles. The zero-order valence-corrected chi connectivity index (χ0v) is 20.3. The Morgan fingerprint density at radius 2 is 0.619 bits per heavy atom. The van der Waals surface area contributed by atoms with Crippen molar-refractivity contribution in [2.75, 3.05) is 0 Å². The molecule has 18 heteroatoms. The van der Waals surface area contributed by atoms with Gasteiger partial charge in [-0.1, -0.05) is 14.9 Å². The molecule has 0 aliphatic rings. The summed E-state index contributed by atoms with van der Waals surface area (Å²) in [6.07, 6.45) is 0. The molecule has 0 radical (unpaired) electrons. The molecular formula is C24H2AlF17. The van der Waals surface area contributed by atoms with E-state index >= 15 is 8.78 Å². The molecular weight excluding hydrogens is 638 g/mol. The number of hydrogen-bond donors (Lipinski definition) is 0. The SMILES string of the molecule is Fc1cc[c]([Al]([c]2c(F)c(F)c(F)c(F)c2F)[c]2c(F)c(F)c(F)c(F)c2-c2c(F)c(F)c(F)c(F)c2F)c(F)c1F. The summed E-state index contributed by atoms with van der Waals surface area (Å²) in [5.41, 5.74) is -5.26. The summed E-state index contributed by atoms with van der Waals surface area (Å²) in [5, 5.41) is 0. The molecule has 0 heterocycles. The lowest BCUT2D eigenvalue weighted by Crippen LogP contribution is -2.59. The van der Waals surface area contributed by atoms with E-state index in [0.29, 0.717) is 0 Å². The Morgan fingerprint density at radius 3 is 1.05 bits per heavy atom. The summed E-state index contributed by atoms with van der Waals surface area (Å²) in [6.45, 7) is 0. The lowest BCUT2D eigenvalue weighted by molar-refractivity contribution is 0.379. The largest absolute Gasteiger partial charge is 0.404 e. The highest BCUT2D eigenvalue weighted by Gasteiger charge is 2.45. The molecule has 0 spiro atoms. The highest BCUT2D eigenvalue weighted by molar-refractivity contribution is 6.96. The maximum absolute atomic E-state index is 15.4. The van der Waals surface area contributed by atoms with Crippen molar-refractivity contribution in [1.82, 2.24) is 0 Å². The zero-order chi connectivity index (χ0) is 31.7. The smallest absolute Gasteiger partial charge is 0.205 e. The monoisotopic (exact) mass is 640 g/mol. The molecule has 4 aromatic rings. The van der Waals surface area contributed by atoms with E-state index in [2.05, 4.69) is 0 Å². The lowest BCUT2D eigenvalue weighted by Gasteiger charge is -2.23. The Morgan fingerprint density at radius 1 is 0.286 bits per heavy atom. The van der Waals surface area contributed by atoms with Gasteiger partial charge in [0.05, 0.1) is 5.56 Å². The predicted molar refractivity (Wildman–Crippen MR) is 109 cm³/mol. The lowest BCUT2D eigenvalue weighted by atomic mass is 10.0. The Hall–Kier alpha value is -3.78. The third-order valence-corrected chi connectivity index (χ3v) is 9.23. The predicted octanol–water partition coefficient (Wildman–Crippen LogP) is 6.23. The van der Waals surface area contributed by atoms with E-state index in [4.69, 9.17) is 0 Å². The number of hydrogen-bond acceptors (Lipinski definition) is 0. The fourth-order valence-corrected chi connectivity index (χ4v) is 7.36. The summed E-state index contributed by atoms with van der Waals surface area (Å²) in [6, 6.07) is -0.171.